The molecule has 1 aliphatic heterocycles. The Morgan fingerprint density at radius 2 is 2.13 bits per heavy atom. The average Bonchev–Trinajstić information content (AvgIpc) is 2.57. The molecule has 1 saturated carbocycles. The second-order valence-corrected chi connectivity index (χ2v) is 4.88. The number of nitrogens with zero attached hydrogens (tertiary/aromatic N) is 1. The van der Waals surface area contributed by atoms with E-state index in [1.807, 2.05) is 13.8 Å². The number of Topliss-reactive ketones (excluding diaryl/α,β-unsaturated/α-hetero) is 1. The zero-order chi connectivity index (χ0) is 11.1. The molecule has 0 bridgehead atoms. The first-order valence-corrected chi connectivity index (χ1v) is 5.61. The molecule has 1 N–H and O–H groups in total. The van der Waals surface area contributed by atoms with Crippen LogP contribution in [0.5, 0.6) is 0 Å². The Bertz CT molecular complexity index is 299. The van der Waals surface area contributed by atoms with Crippen molar-refractivity contribution in [3.05, 3.63) is 0 Å². The van der Waals surface area contributed by atoms with E-state index in [9.17, 15) is 9.59 Å². The molecule has 15 heavy (non-hydrogen) atoms. The van der Waals surface area contributed by atoms with Crippen molar-refractivity contribution in [2.24, 2.45) is 0 Å². The van der Waals surface area contributed by atoms with E-state index < -0.39 is 5.54 Å². The van der Waals surface area contributed by atoms with E-state index >= 15 is 0 Å². The van der Waals surface area contributed by atoms with Crippen molar-refractivity contribution in [3.63, 3.8) is 0 Å². The molecular formula is C11H18N2O2. The van der Waals surface area contributed by atoms with E-state index in [0.717, 1.165) is 19.4 Å². The summed E-state index contributed by atoms with van der Waals surface area (Å²) in [6.45, 7) is 5.24. The molecule has 0 aromatic rings. The average molecular weight is 210 g/mol. The second kappa shape index (κ2) is 3.59. The molecule has 4 heteroatoms. The van der Waals surface area contributed by atoms with Crippen molar-refractivity contribution in [3.8, 4) is 0 Å². The summed E-state index contributed by atoms with van der Waals surface area (Å²) in [5, 5.41) is 2.85. The maximum atomic E-state index is 11.7. The standard InChI is InChI=1S/C11H18N2O2/c1-11(2)10(15)12-6-7-13(11)8-4-3-5-9(8)14/h8H,3-7H2,1-2H3,(H,12,15). The van der Waals surface area contributed by atoms with E-state index in [-0.39, 0.29) is 11.9 Å². The number of hydrogen-bond donors (Lipinski definition) is 1. The summed E-state index contributed by atoms with van der Waals surface area (Å²) in [5.74, 6) is 0.339. The second-order valence-electron chi connectivity index (χ2n) is 4.88. The molecular weight excluding hydrogens is 192 g/mol. The summed E-state index contributed by atoms with van der Waals surface area (Å²) < 4.78 is 0. The van der Waals surface area contributed by atoms with Crippen molar-refractivity contribution in [2.45, 2.75) is 44.7 Å². The van der Waals surface area contributed by atoms with Gasteiger partial charge in [0.05, 0.1) is 11.6 Å². The highest BCUT2D eigenvalue weighted by molar-refractivity contribution is 5.90. The zero-order valence-electron chi connectivity index (χ0n) is 9.38. The Kier molecular flexibility index (Phi) is 2.54. The van der Waals surface area contributed by atoms with Gasteiger partial charge in [0, 0.05) is 19.5 Å². The molecule has 2 aliphatic rings. The van der Waals surface area contributed by atoms with Crippen LogP contribution in [0.15, 0.2) is 0 Å². The SMILES string of the molecule is CC1(C)C(=O)NCCN1C1CCCC1=O. The van der Waals surface area contributed by atoms with Gasteiger partial charge in [-0.25, -0.2) is 0 Å². The summed E-state index contributed by atoms with van der Waals surface area (Å²) >= 11 is 0. The molecule has 0 spiro atoms. The van der Waals surface area contributed by atoms with Crippen molar-refractivity contribution in [2.75, 3.05) is 13.1 Å². The first kappa shape index (κ1) is 10.6. The fraction of sp³-hybridized carbons (Fsp3) is 0.818. The van der Waals surface area contributed by atoms with Gasteiger partial charge < -0.3 is 5.32 Å². The maximum Gasteiger partial charge on any atom is 0.240 e. The first-order valence-electron chi connectivity index (χ1n) is 5.61. The van der Waals surface area contributed by atoms with Gasteiger partial charge in [0.2, 0.25) is 5.91 Å². The molecule has 1 saturated heterocycles. The number of carbonyl (C=O) groups is 2. The Hall–Kier alpha value is -0.900. The van der Waals surface area contributed by atoms with Gasteiger partial charge in [-0.15, -0.1) is 0 Å². The number of nitrogens with one attached hydrogen (secondary N) is 1. The molecule has 1 heterocycles. The van der Waals surface area contributed by atoms with Gasteiger partial charge in [-0.3, -0.25) is 14.5 Å². The molecule has 1 unspecified atom stereocenters. The van der Waals surface area contributed by atoms with E-state index in [1.165, 1.54) is 0 Å². The minimum atomic E-state index is -0.539. The van der Waals surface area contributed by atoms with Crippen LogP contribution in [-0.4, -0.2) is 41.3 Å². The van der Waals surface area contributed by atoms with Crippen molar-refractivity contribution >= 4 is 11.7 Å². The smallest absolute Gasteiger partial charge is 0.240 e. The number of carbonyl (C=O) groups excluding carboxylic acids is 2. The monoisotopic (exact) mass is 210 g/mol. The molecule has 1 atom stereocenters. The van der Waals surface area contributed by atoms with E-state index in [4.69, 9.17) is 0 Å². The van der Waals surface area contributed by atoms with E-state index in [0.29, 0.717) is 18.7 Å². The fourth-order valence-corrected chi connectivity index (χ4v) is 2.59. The number of amides is 1. The van der Waals surface area contributed by atoms with Crippen LogP contribution in [0.1, 0.15) is 33.1 Å². The summed E-state index contributed by atoms with van der Waals surface area (Å²) in [6.07, 6.45) is 2.56. The Balaban J connectivity index is 2.19. The quantitative estimate of drug-likeness (QED) is 0.678. The highest BCUT2D eigenvalue weighted by atomic mass is 16.2. The van der Waals surface area contributed by atoms with Gasteiger partial charge in [-0.1, -0.05) is 0 Å². The van der Waals surface area contributed by atoms with Crippen LogP contribution in [0.4, 0.5) is 0 Å². The Labute approximate surface area is 90.0 Å². The molecule has 2 fully saturated rings. The third-order valence-electron chi connectivity index (χ3n) is 3.56. The van der Waals surface area contributed by atoms with E-state index in [2.05, 4.69) is 10.2 Å². The predicted octanol–water partition coefficient (Wildman–Crippen LogP) is 0.318. The molecule has 2 rings (SSSR count). The number of ketones is 1. The van der Waals surface area contributed by atoms with Gasteiger partial charge in [0.1, 0.15) is 5.78 Å². The zero-order valence-corrected chi connectivity index (χ0v) is 9.38. The normalized spacial score (nSPS) is 31.7. The van der Waals surface area contributed by atoms with Gasteiger partial charge in [-0.05, 0) is 26.7 Å². The summed E-state index contributed by atoms with van der Waals surface area (Å²) in [4.78, 5) is 25.5. The van der Waals surface area contributed by atoms with Gasteiger partial charge in [0.25, 0.3) is 0 Å². The topological polar surface area (TPSA) is 49.4 Å². The first-order chi connectivity index (χ1) is 7.03. The summed E-state index contributed by atoms with van der Waals surface area (Å²) in [6, 6.07) is -0.0222. The van der Waals surface area contributed by atoms with Crippen LogP contribution in [0.3, 0.4) is 0 Å². The molecule has 0 aromatic heterocycles. The molecule has 1 aliphatic carbocycles. The summed E-state index contributed by atoms with van der Waals surface area (Å²) in [5.41, 5.74) is -0.539. The van der Waals surface area contributed by atoms with Crippen molar-refractivity contribution < 1.29 is 9.59 Å². The molecule has 0 aromatic carbocycles. The molecule has 0 radical (unpaired) electrons. The van der Waals surface area contributed by atoms with Crippen LogP contribution in [0.2, 0.25) is 0 Å². The van der Waals surface area contributed by atoms with Crippen molar-refractivity contribution in [1.82, 2.24) is 10.2 Å². The lowest BCUT2D eigenvalue weighted by atomic mass is 9.95. The minimum Gasteiger partial charge on any atom is -0.353 e. The van der Waals surface area contributed by atoms with Gasteiger partial charge in [-0.2, -0.15) is 0 Å². The van der Waals surface area contributed by atoms with Gasteiger partial charge >= 0.3 is 0 Å². The maximum absolute atomic E-state index is 11.7. The fourth-order valence-electron chi connectivity index (χ4n) is 2.59. The van der Waals surface area contributed by atoms with E-state index in [1.54, 1.807) is 0 Å². The Morgan fingerprint density at radius 3 is 2.73 bits per heavy atom. The van der Waals surface area contributed by atoms with Crippen molar-refractivity contribution in [1.29, 1.82) is 0 Å². The highest BCUT2D eigenvalue weighted by Gasteiger charge is 2.44. The minimum absolute atomic E-state index is 0.0222. The van der Waals surface area contributed by atoms with Crippen LogP contribution in [0, 0.1) is 0 Å². The lowest BCUT2D eigenvalue weighted by Crippen LogP contribution is -2.65. The third kappa shape index (κ3) is 1.67. The molecule has 84 valence electrons. The summed E-state index contributed by atoms with van der Waals surface area (Å²) in [7, 11) is 0. The lowest BCUT2D eigenvalue weighted by molar-refractivity contribution is -0.139. The van der Waals surface area contributed by atoms with Gasteiger partial charge in [0.15, 0.2) is 0 Å². The van der Waals surface area contributed by atoms with Crippen LogP contribution < -0.4 is 5.32 Å². The van der Waals surface area contributed by atoms with Crippen LogP contribution >= 0.6 is 0 Å². The third-order valence-corrected chi connectivity index (χ3v) is 3.56. The predicted molar refractivity (Wildman–Crippen MR) is 56.4 cm³/mol. The highest BCUT2D eigenvalue weighted by Crippen LogP contribution is 2.28. The molecule has 4 nitrogen and oxygen atoms in total. The van der Waals surface area contributed by atoms with Crippen LogP contribution in [0.25, 0.3) is 0 Å². The number of piperazine rings is 1. The molecule has 1 amide bonds. The van der Waals surface area contributed by atoms with Crippen LogP contribution in [-0.2, 0) is 9.59 Å². The Morgan fingerprint density at radius 1 is 1.40 bits per heavy atom. The lowest BCUT2D eigenvalue weighted by Gasteiger charge is -2.44. The largest absolute Gasteiger partial charge is 0.353 e. The number of hydrogen-bond acceptors (Lipinski definition) is 3. The number of rotatable bonds is 1.